The van der Waals surface area contributed by atoms with E-state index in [9.17, 15) is 9.59 Å². The molecule has 0 radical (unpaired) electrons. The molecular weight excluding hydrogens is 368 g/mol. The fraction of sp³-hybridized carbons (Fsp3) is 0.211. The molecule has 1 N–H and O–H groups in total. The predicted molar refractivity (Wildman–Crippen MR) is 101 cm³/mol. The zero-order chi connectivity index (χ0) is 20.5. The molecule has 2 rings (SSSR count). The van der Waals surface area contributed by atoms with Crippen LogP contribution in [0.25, 0.3) is 0 Å². The fourth-order valence-corrected chi connectivity index (χ4v) is 2.19. The maximum atomic E-state index is 12.5. The molecule has 9 heteroatoms. The van der Waals surface area contributed by atoms with Gasteiger partial charge in [0.1, 0.15) is 5.75 Å². The van der Waals surface area contributed by atoms with Gasteiger partial charge >= 0.3 is 12.1 Å². The van der Waals surface area contributed by atoms with Crippen molar-refractivity contribution in [2.75, 3.05) is 28.4 Å². The molecule has 148 valence electrons. The molecule has 0 unspecified atom stereocenters. The van der Waals surface area contributed by atoms with Gasteiger partial charge in [-0.2, -0.15) is 5.10 Å². The molecule has 0 fully saturated rings. The summed E-state index contributed by atoms with van der Waals surface area (Å²) in [6, 6.07) is 9.53. The van der Waals surface area contributed by atoms with Crippen LogP contribution >= 0.6 is 0 Å². The summed E-state index contributed by atoms with van der Waals surface area (Å²) in [5.74, 6) is 0.813. The van der Waals surface area contributed by atoms with E-state index in [-0.39, 0.29) is 5.56 Å². The van der Waals surface area contributed by atoms with Crippen LogP contribution in [0.15, 0.2) is 41.5 Å². The Morgan fingerprint density at radius 3 is 2.04 bits per heavy atom. The van der Waals surface area contributed by atoms with E-state index in [1.54, 1.807) is 24.3 Å². The van der Waals surface area contributed by atoms with Gasteiger partial charge in [-0.15, -0.1) is 0 Å². The van der Waals surface area contributed by atoms with Crippen molar-refractivity contribution in [1.82, 2.24) is 5.43 Å². The Labute approximate surface area is 161 Å². The van der Waals surface area contributed by atoms with Gasteiger partial charge in [0.2, 0.25) is 5.75 Å². The van der Waals surface area contributed by atoms with Crippen LogP contribution in [-0.2, 0) is 4.74 Å². The number of esters is 1. The molecule has 9 nitrogen and oxygen atoms in total. The third-order valence-corrected chi connectivity index (χ3v) is 3.55. The molecule has 0 aromatic heterocycles. The Morgan fingerprint density at radius 1 is 0.929 bits per heavy atom. The van der Waals surface area contributed by atoms with E-state index in [4.69, 9.17) is 18.9 Å². The highest BCUT2D eigenvalue weighted by Gasteiger charge is 2.18. The highest BCUT2D eigenvalue weighted by Crippen LogP contribution is 2.38. The molecular formula is C19H20N2O7. The minimum atomic E-state index is -0.674. The third kappa shape index (κ3) is 5.13. The minimum absolute atomic E-state index is 0.238. The molecule has 0 spiro atoms. The van der Waals surface area contributed by atoms with E-state index in [0.717, 1.165) is 0 Å². The van der Waals surface area contributed by atoms with Gasteiger partial charge in [-0.3, -0.25) is 0 Å². The van der Waals surface area contributed by atoms with Crippen LogP contribution in [0.4, 0.5) is 4.79 Å². The van der Waals surface area contributed by atoms with E-state index >= 15 is 0 Å². The molecule has 2 aromatic carbocycles. The quantitative estimate of drug-likeness (QED) is 0.336. The van der Waals surface area contributed by atoms with Crippen LogP contribution in [0.3, 0.4) is 0 Å². The largest absolute Gasteiger partial charge is 0.493 e. The molecule has 0 bridgehead atoms. The maximum absolute atomic E-state index is 12.5. The molecule has 0 aliphatic carbocycles. The van der Waals surface area contributed by atoms with Crippen molar-refractivity contribution in [3.8, 4) is 23.0 Å². The summed E-state index contributed by atoms with van der Waals surface area (Å²) < 4.78 is 25.5. The summed E-state index contributed by atoms with van der Waals surface area (Å²) in [4.78, 5) is 23.4. The third-order valence-electron chi connectivity index (χ3n) is 3.55. The van der Waals surface area contributed by atoms with Crippen molar-refractivity contribution >= 4 is 18.3 Å². The zero-order valence-electron chi connectivity index (χ0n) is 15.8. The number of methoxy groups -OCH3 is 4. The Hall–Kier alpha value is -3.75. The minimum Gasteiger partial charge on any atom is -0.493 e. The van der Waals surface area contributed by atoms with Gasteiger partial charge in [0.15, 0.2) is 11.5 Å². The number of hydrazone groups is 1. The molecule has 28 heavy (non-hydrogen) atoms. The van der Waals surface area contributed by atoms with E-state index < -0.39 is 12.1 Å². The summed E-state index contributed by atoms with van der Waals surface area (Å²) in [7, 11) is 5.63. The number of hydrogen-bond donors (Lipinski definition) is 1. The number of nitrogens with zero attached hydrogens (tertiary/aromatic N) is 1. The van der Waals surface area contributed by atoms with Gasteiger partial charge in [-0.05, 0) is 42.0 Å². The number of ether oxygens (including phenoxy) is 5. The van der Waals surface area contributed by atoms with Crippen LogP contribution < -0.4 is 24.4 Å². The summed E-state index contributed by atoms with van der Waals surface area (Å²) in [5.41, 5.74) is 3.09. The van der Waals surface area contributed by atoms with E-state index in [1.165, 1.54) is 46.8 Å². The van der Waals surface area contributed by atoms with Gasteiger partial charge < -0.3 is 23.7 Å². The van der Waals surface area contributed by atoms with Gasteiger partial charge in [0, 0.05) is 0 Å². The lowest BCUT2D eigenvalue weighted by Crippen LogP contribution is -2.16. The maximum Gasteiger partial charge on any atom is 0.427 e. The topological polar surface area (TPSA) is 105 Å². The molecule has 0 saturated carbocycles. The number of rotatable bonds is 7. The second-order valence-electron chi connectivity index (χ2n) is 5.23. The molecule has 0 saturated heterocycles. The number of hydrogen-bond acceptors (Lipinski definition) is 8. The first-order chi connectivity index (χ1) is 13.5. The normalized spacial score (nSPS) is 10.3. The van der Waals surface area contributed by atoms with Crippen LogP contribution in [0, 0.1) is 0 Å². The summed E-state index contributed by atoms with van der Waals surface area (Å²) in [6.45, 7) is 0. The average molecular weight is 388 g/mol. The highest BCUT2D eigenvalue weighted by atomic mass is 16.5. The van der Waals surface area contributed by atoms with Crippen molar-refractivity contribution in [2.45, 2.75) is 0 Å². The molecule has 0 heterocycles. The van der Waals surface area contributed by atoms with Crippen LogP contribution in [0.2, 0.25) is 0 Å². The molecule has 1 amide bonds. The molecule has 0 atom stereocenters. The Balaban J connectivity index is 2.11. The van der Waals surface area contributed by atoms with Gasteiger partial charge in [-0.1, -0.05) is 0 Å². The second-order valence-corrected chi connectivity index (χ2v) is 5.23. The number of nitrogens with one attached hydrogen (secondary N) is 1. The molecule has 0 aliphatic heterocycles. The van der Waals surface area contributed by atoms with Gasteiger partial charge in [-0.25, -0.2) is 15.0 Å². The number of amides is 1. The van der Waals surface area contributed by atoms with Gasteiger partial charge in [0.05, 0.1) is 40.2 Å². The monoisotopic (exact) mass is 388 g/mol. The van der Waals surface area contributed by atoms with Crippen molar-refractivity contribution in [3.05, 3.63) is 47.5 Å². The predicted octanol–water partition coefficient (Wildman–Crippen LogP) is 2.62. The lowest BCUT2D eigenvalue weighted by atomic mass is 10.2. The standard InChI is InChI=1S/C19H20N2O7/c1-24-15-9-13(10-16(25-2)17(15)26-3)18(22)28-14-7-5-12(6-8-14)11-20-21-19(23)27-4/h5-11H,1-4H3,(H,21,23)/b20-11+. The summed E-state index contributed by atoms with van der Waals surface area (Å²) in [6.07, 6.45) is 0.744. The number of carbonyl (C=O) groups excluding carboxylic acids is 2. The fourth-order valence-electron chi connectivity index (χ4n) is 2.19. The van der Waals surface area contributed by atoms with Crippen LogP contribution in [0.5, 0.6) is 23.0 Å². The van der Waals surface area contributed by atoms with E-state index in [2.05, 4.69) is 15.3 Å². The van der Waals surface area contributed by atoms with Crippen molar-refractivity contribution in [2.24, 2.45) is 5.10 Å². The van der Waals surface area contributed by atoms with Gasteiger partial charge in [0.25, 0.3) is 0 Å². The van der Waals surface area contributed by atoms with E-state index in [1.807, 2.05) is 0 Å². The molecule has 0 aliphatic rings. The Kier molecular flexibility index (Phi) is 7.21. The van der Waals surface area contributed by atoms with Crippen LogP contribution in [0.1, 0.15) is 15.9 Å². The Morgan fingerprint density at radius 2 is 1.54 bits per heavy atom. The van der Waals surface area contributed by atoms with Crippen LogP contribution in [-0.4, -0.2) is 46.7 Å². The first-order valence-corrected chi connectivity index (χ1v) is 8.01. The smallest absolute Gasteiger partial charge is 0.427 e. The van der Waals surface area contributed by atoms with Crippen molar-refractivity contribution < 1.29 is 33.3 Å². The summed E-state index contributed by atoms with van der Waals surface area (Å²) in [5, 5.41) is 3.71. The zero-order valence-corrected chi connectivity index (χ0v) is 15.8. The first kappa shape index (κ1) is 20.6. The Bertz CT molecular complexity index is 838. The van der Waals surface area contributed by atoms with E-state index in [0.29, 0.717) is 28.6 Å². The average Bonchev–Trinajstić information content (AvgIpc) is 2.73. The lowest BCUT2D eigenvalue weighted by Gasteiger charge is -2.13. The lowest BCUT2D eigenvalue weighted by molar-refractivity contribution is 0.0733. The number of carbonyl (C=O) groups is 2. The first-order valence-electron chi connectivity index (χ1n) is 8.01. The van der Waals surface area contributed by atoms with Crippen molar-refractivity contribution in [1.29, 1.82) is 0 Å². The number of benzene rings is 2. The highest BCUT2D eigenvalue weighted by molar-refractivity contribution is 5.93. The SMILES string of the molecule is COC(=O)N/N=C/c1ccc(OC(=O)c2cc(OC)c(OC)c(OC)c2)cc1. The second kappa shape index (κ2) is 9.81. The van der Waals surface area contributed by atoms with Crippen molar-refractivity contribution in [3.63, 3.8) is 0 Å². The molecule has 2 aromatic rings. The summed E-state index contributed by atoms with van der Waals surface area (Å²) >= 11 is 0.